The molecule has 1 aliphatic rings. The summed E-state index contributed by atoms with van der Waals surface area (Å²) in [5.74, 6) is 0.160. The van der Waals surface area contributed by atoms with Crippen molar-refractivity contribution in [2.75, 3.05) is 27.4 Å². The second-order valence-electron chi connectivity index (χ2n) is 4.92. The maximum atomic E-state index is 12.4. The molecule has 1 heterocycles. The van der Waals surface area contributed by atoms with Crippen LogP contribution in [0, 0.1) is 0 Å². The third-order valence-corrected chi connectivity index (χ3v) is 4.24. The summed E-state index contributed by atoms with van der Waals surface area (Å²) in [4.78, 5) is 25.0. The zero-order chi connectivity index (χ0) is 18.6. The van der Waals surface area contributed by atoms with Crippen LogP contribution >= 0.6 is 28.1 Å². The first kappa shape index (κ1) is 19.2. The van der Waals surface area contributed by atoms with E-state index in [2.05, 4.69) is 26.0 Å². The number of hydrogen-bond acceptors (Lipinski definition) is 6. The van der Waals surface area contributed by atoms with Crippen LogP contribution < -0.4 is 14.8 Å². The van der Waals surface area contributed by atoms with Crippen LogP contribution in [-0.2, 0) is 14.3 Å². The van der Waals surface area contributed by atoms with Crippen molar-refractivity contribution in [1.29, 1.82) is 0 Å². The van der Waals surface area contributed by atoms with Crippen LogP contribution in [-0.4, -0.2) is 49.3 Å². The van der Waals surface area contributed by atoms with Gasteiger partial charge in [-0.25, -0.2) is 0 Å². The highest BCUT2D eigenvalue weighted by Crippen LogP contribution is 2.37. The molecule has 0 aliphatic carbocycles. The molecule has 25 heavy (non-hydrogen) atoms. The molecule has 2 rings (SSSR count). The molecule has 0 spiro atoms. The van der Waals surface area contributed by atoms with E-state index in [4.69, 9.17) is 21.7 Å². The zero-order valence-electron chi connectivity index (χ0n) is 13.9. The topological polar surface area (TPSA) is 77.1 Å². The lowest BCUT2D eigenvalue weighted by molar-refractivity contribution is -0.143. The number of hydrogen-bond donors (Lipinski definition) is 1. The summed E-state index contributed by atoms with van der Waals surface area (Å²) in [5.41, 5.74) is 0.961. The van der Waals surface area contributed by atoms with Gasteiger partial charge in [-0.3, -0.25) is 14.5 Å². The molecule has 0 bridgehead atoms. The number of amides is 1. The quantitative estimate of drug-likeness (QED) is 0.422. The number of rotatable bonds is 6. The molecule has 1 aromatic carbocycles. The first-order chi connectivity index (χ1) is 11.9. The lowest BCUT2D eigenvalue weighted by atomic mass is 10.1. The van der Waals surface area contributed by atoms with E-state index in [-0.39, 0.29) is 17.4 Å². The highest BCUT2D eigenvalue weighted by atomic mass is 79.9. The Labute approximate surface area is 159 Å². The van der Waals surface area contributed by atoms with Gasteiger partial charge in [0.2, 0.25) is 0 Å². The van der Waals surface area contributed by atoms with E-state index in [1.165, 1.54) is 7.11 Å². The standard InChI is InChI=1S/C16H17BrN2O5S/c1-4-24-12-7-9(5-10(17)14(12)23-3)6-11-15(21)19(16(25)18-11)8-13(20)22-2/h5-7H,4,8H2,1-3H3,(H,18,25)/b11-6-. The molecule has 0 aromatic heterocycles. The molecule has 0 radical (unpaired) electrons. The Morgan fingerprint density at radius 3 is 2.72 bits per heavy atom. The van der Waals surface area contributed by atoms with Gasteiger partial charge < -0.3 is 19.5 Å². The third kappa shape index (κ3) is 4.29. The van der Waals surface area contributed by atoms with Crippen LogP contribution in [0.2, 0.25) is 0 Å². The van der Waals surface area contributed by atoms with Gasteiger partial charge in [-0.15, -0.1) is 0 Å². The fourth-order valence-electron chi connectivity index (χ4n) is 2.21. The van der Waals surface area contributed by atoms with E-state index in [0.717, 1.165) is 4.90 Å². The summed E-state index contributed by atoms with van der Waals surface area (Å²) >= 11 is 8.52. The van der Waals surface area contributed by atoms with E-state index in [0.29, 0.717) is 28.1 Å². The summed E-state index contributed by atoms with van der Waals surface area (Å²) in [7, 11) is 2.80. The van der Waals surface area contributed by atoms with Gasteiger partial charge in [0.05, 0.1) is 25.3 Å². The zero-order valence-corrected chi connectivity index (χ0v) is 16.3. The molecule has 1 amide bonds. The van der Waals surface area contributed by atoms with Gasteiger partial charge in [0.15, 0.2) is 16.6 Å². The second-order valence-corrected chi connectivity index (χ2v) is 6.16. The molecule has 134 valence electrons. The minimum Gasteiger partial charge on any atom is -0.492 e. The number of carbonyl (C=O) groups excluding carboxylic acids is 2. The molecule has 7 nitrogen and oxygen atoms in total. The number of carbonyl (C=O) groups is 2. The molecule has 1 aromatic rings. The largest absolute Gasteiger partial charge is 0.492 e. The van der Waals surface area contributed by atoms with E-state index in [9.17, 15) is 9.59 Å². The second kappa shape index (κ2) is 8.30. The lowest BCUT2D eigenvalue weighted by Gasteiger charge is -2.12. The Morgan fingerprint density at radius 2 is 2.12 bits per heavy atom. The molecule has 1 saturated heterocycles. The summed E-state index contributed by atoms with van der Waals surface area (Å²) in [5, 5.41) is 2.96. The molecule has 0 atom stereocenters. The molecule has 1 aliphatic heterocycles. The van der Waals surface area contributed by atoms with E-state index >= 15 is 0 Å². The number of benzene rings is 1. The fraction of sp³-hybridized carbons (Fsp3) is 0.312. The Kier molecular flexibility index (Phi) is 6.38. The number of methoxy groups -OCH3 is 2. The Hall–Kier alpha value is -2.13. The maximum absolute atomic E-state index is 12.4. The van der Waals surface area contributed by atoms with Gasteiger partial charge in [-0.1, -0.05) is 0 Å². The highest BCUT2D eigenvalue weighted by molar-refractivity contribution is 9.10. The third-order valence-electron chi connectivity index (χ3n) is 3.32. The molecular weight excluding hydrogens is 412 g/mol. The van der Waals surface area contributed by atoms with Gasteiger partial charge >= 0.3 is 5.97 Å². The van der Waals surface area contributed by atoms with E-state index in [1.54, 1.807) is 25.3 Å². The number of ether oxygens (including phenoxy) is 3. The highest BCUT2D eigenvalue weighted by Gasteiger charge is 2.32. The van der Waals surface area contributed by atoms with Crippen molar-refractivity contribution in [3.05, 3.63) is 27.9 Å². The molecule has 1 N–H and O–H groups in total. The van der Waals surface area contributed by atoms with Gasteiger partial charge in [0.25, 0.3) is 5.91 Å². The smallest absolute Gasteiger partial charge is 0.325 e. The van der Waals surface area contributed by atoms with Crippen molar-refractivity contribution in [2.24, 2.45) is 0 Å². The van der Waals surface area contributed by atoms with Crippen molar-refractivity contribution in [3.63, 3.8) is 0 Å². The van der Waals surface area contributed by atoms with Crippen LogP contribution in [0.15, 0.2) is 22.3 Å². The molecule has 9 heteroatoms. The van der Waals surface area contributed by atoms with Crippen LogP contribution in [0.25, 0.3) is 6.08 Å². The number of halogens is 1. The van der Waals surface area contributed by atoms with Crippen molar-refractivity contribution < 1.29 is 23.8 Å². The normalized spacial score (nSPS) is 15.4. The first-order valence-electron chi connectivity index (χ1n) is 7.33. The van der Waals surface area contributed by atoms with Crippen molar-refractivity contribution in [1.82, 2.24) is 10.2 Å². The van der Waals surface area contributed by atoms with E-state index < -0.39 is 11.9 Å². The monoisotopic (exact) mass is 428 g/mol. The average molecular weight is 429 g/mol. The first-order valence-corrected chi connectivity index (χ1v) is 8.53. The minimum atomic E-state index is -0.551. The number of esters is 1. The van der Waals surface area contributed by atoms with Crippen LogP contribution in [0.4, 0.5) is 0 Å². The summed E-state index contributed by atoms with van der Waals surface area (Å²) in [6.45, 7) is 2.09. The van der Waals surface area contributed by atoms with Gasteiger partial charge in [0.1, 0.15) is 12.2 Å². The fourth-order valence-corrected chi connectivity index (χ4v) is 3.09. The van der Waals surface area contributed by atoms with Gasteiger partial charge in [-0.2, -0.15) is 0 Å². The Balaban J connectivity index is 2.33. The van der Waals surface area contributed by atoms with Crippen molar-refractivity contribution in [3.8, 4) is 11.5 Å². The van der Waals surface area contributed by atoms with Crippen LogP contribution in [0.3, 0.4) is 0 Å². The number of nitrogens with zero attached hydrogens (tertiary/aromatic N) is 1. The SMILES string of the molecule is CCOc1cc(/C=C2\NC(=S)N(CC(=O)OC)C2=O)cc(Br)c1OC. The van der Waals surface area contributed by atoms with Crippen molar-refractivity contribution in [2.45, 2.75) is 6.92 Å². The maximum Gasteiger partial charge on any atom is 0.325 e. The van der Waals surface area contributed by atoms with Gasteiger partial charge in [-0.05, 0) is 58.8 Å². The molecule has 0 saturated carbocycles. The number of nitrogens with one attached hydrogen (secondary N) is 1. The summed E-state index contributed by atoms with van der Waals surface area (Å²) < 4.78 is 16.1. The average Bonchev–Trinajstić information content (AvgIpc) is 2.82. The molecular formula is C16H17BrN2O5S. The van der Waals surface area contributed by atoms with Crippen LogP contribution in [0.5, 0.6) is 11.5 Å². The minimum absolute atomic E-state index is 0.152. The predicted octanol–water partition coefficient (Wildman–Crippen LogP) is 2.09. The Bertz CT molecular complexity index is 750. The van der Waals surface area contributed by atoms with Crippen LogP contribution in [0.1, 0.15) is 12.5 Å². The van der Waals surface area contributed by atoms with E-state index in [1.807, 2.05) is 6.92 Å². The summed E-state index contributed by atoms with van der Waals surface area (Å²) in [6, 6.07) is 3.54. The molecule has 0 unspecified atom stereocenters. The number of thiocarbonyl (C=S) groups is 1. The molecule has 1 fully saturated rings. The summed E-state index contributed by atoms with van der Waals surface area (Å²) in [6.07, 6.45) is 1.62. The Morgan fingerprint density at radius 1 is 1.40 bits per heavy atom. The predicted molar refractivity (Wildman–Crippen MR) is 99.3 cm³/mol. The van der Waals surface area contributed by atoms with Gasteiger partial charge in [0, 0.05) is 0 Å². The van der Waals surface area contributed by atoms with Crippen molar-refractivity contribution >= 4 is 51.2 Å². The lowest BCUT2D eigenvalue weighted by Crippen LogP contribution is -2.35.